The van der Waals surface area contributed by atoms with Crippen LogP contribution in [0.25, 0.3) is 0 Å². The van der Waals surface area contributed by atoms with Gasteiger partial charge in [-0.1, -0.05) is 0 Å². The van der Waals surface area contributed by atoms with E-state index in [1.54, 1.807) is 13.3 Å². The van der Waals surface area contributed by atoms with Crippen molar-refractivity contribution in [1.82, 2.24) is 14.5 Å². The Morgan fingerprint density at radius 1 is 1.27 bits per heavy atom. The number of ether oxygens (including phenoxy) is 1. The maximum atomic E-state index is 12.8. The second-order valence-corrected chi connectivity index (χ2v) is 7.25. The van der Waals surface area contributed by atoms with Crippen LogP contribution in [0.15, 0.2) is 36.7 Å². The lowest BCUT2D eigenvalue weighted by molar-refractivity contribution is -0.0505. The summed E-state index contributed by atoms with van der Waals surface area (Å²) in [5.41, 5.74) is -0.235. The number of benzene rings is 1. The van der Waals surface area contributed by atoms with E-state index in [0.717, 1.165) is 24.3 Å². The van der Waals surface area contributed by atoms with Crippen LogP contribution in [0.5, 0.6) is 5.75 Å². The van der Waals surface area contributed by atoms with Crippen molar-refractivity contribution < 1.29 is 14.6 Å². The molecule has 2 saturated heterocycles. The molecule has 2 aliphatic rings. The number of carbonyl (C=O) groups is 1. The lowest BCUT2D eigenvalue weighted by Crippen LogP contribution is -2.53. The number of aryl methyl sites for hydroxylation is 1. The third kappa shape index (κ3) is 2.82. The molecule has 1 unspecified atom stereocenters. The molecule has 0 spiro atoms. The van der Waals surface area contributed by atoms with Crippen molar-refractivity contribution in [2.24, 2.45) is 7.05 Å². The number of rotatable bonds is 3. The number of fused-ring (bicyclic) bond motifs is 2. The van der Waals surface area contributed by atoms with E-state index in [-0.39, 0.29) is 18.1 Å². The summed E-state index contributed by atoms with van der Waals surface area (Å²) >= 11 is 0. The van der Waals surface area contributed by atoms with Crippen molar-refractivity contribution in [1.29, 1.82) is 0 Å². The number of piperidine rings is 1. The van der Waals surface area contributed by atoms with Gasteiger partial charge < -0.3 is 24.6 Å². The Morgan fingerprint density at radius 3 is 2.46 bits per heavy atom. The quantitative estimate of drug-likeness (QED) is 0.885. The largest absolute Gasteiger partial charge is 0.497 e. The lowest BCUT2D eigenvalue weighted by atomic mass is 9.85. The lowest BCUT2D eigenvalue weighted by Gasteiger charge is -2.43. The molecule has 0 aliphatic carbocycles. The van der Waals surface area contributed by atoms with Gasteiger partial charge in [0.15, 0.2) is 0 Å². The van der Waals surface area contributed by atoms with Gasteiger partial charge in [0, 0.05) is 50.1 Å². The van der Waals surface area contributed by atoms with Crippen LogP contribution in [0.3, 0.4) is 0 Å². The first-order valence-corrected chi connectivity index (χ1v) is 8.94. The maximum absolute atomic E-state index is 12.8. The number of hydrogen-bond donors (Lipinski definition) is 2. The van der Waals surface area contributed by atoms with E-state index in [2.05, 4.69) is 10.3 Å². The summed E-state index contributed by atoms with van der Waals surface area (Å²) in [6, 6.07) is 7.23. The Balaban J connectivity index is 1.49. The highest BCUT2D eigenvalue weighted by molar-refractivity contribution is 5.90. The van der Waals surface area contributed by atoms with E-state index < -0.39 is 5.60 Å². The number of urea groups is 1. The van der Waals surface area contributed by atoms with E-state index >= 15 is 0 Å². The summed E-state index contributed by atoms with van der Waals surface area (Å²) < 4.78 is 7.01. The number of imidazole rings is 1. The van der Waals surface area contributed by atoms with E-state index in [1.165, 1.54) is 0 Å². The molecule has 2 fully saturated rings. The fraction of sp³-hybridized carbons (Fsp3) is 0.474. The molecule has 138 valence electrons. The predicted molar refractivity (Wildman–Crippen MR) is 97.0 cm³/mol. The van der Waals surface area contributed by atoms with Crippen molar-refractivity contribution >= 4 is 11.7 Å². The molecule has 1 aromatic carbocycles. The number of amides is 2. The number of carbonyl (C=O) groups excluding carboxylic acids is 1. The number of aromatic nitrogens is 2. The zero-order valence-electron chi connectivity index (χ0n) is 15.1. The van der Waals surface area contributed by atoms with Gasteiger partial charge in [-0.3, -0.25) is 0 Å². The molecule has 7 heteroatoms. The van der Waals surface area contributed by atoms with Crippen molar-refractivity contribution in [3.05, 3.63) is 42.5 Å². The summed E-state index contributed by atoms with van der Waals surface area (Å²) in [5.74, 6) is 1.44. The summed E-state index contributed by atoms with van der Waals surface area (Å²) in [6.07, 6.45) is 6.41. The van der Waals surface area contributed by atoms with E-state index in [1.807, 2.05) is 47.0 Å². The molecule has 2 N–H and O–H groups in total. The van der Waals surface area contributed by atoms with Crippen molar-refractivity contribution in [3.8, 4) is 5.75 Å². The van der Waals surface area contributed by atoms with Gasteiger partial charge in [0.2, 0.25) is 0 Å². The Labute approximate surface area is 152 Å². The Morgan fingerprint density at radius 2 is 1.92 bits per heavy atom. The number of nitrogens with zero attached hydrogens (tertiary/aromatic N) is 3. The zero-order chi connectivity index (χ0) is 18.3. The Bertz CT molecular complexity index is 787. The number of methoxy groups -OCH3 is 1. The predicted octanol–water partition coefficient (Wildman–Crippen LogP) is 2.48. The first-order valence-electron chi connectivity index (χ1n) is 8.94. The van der Waals surface area contributed by atoms with Crippen molar-refractivity contribution in [3.63, 3.8) is 0 Å². The third-order valence-electron chi connectivity index (χ3n) is 5.58. The monoisotopic (exact) mass is 356 g/mol. The van der Waals surface area contributed by atoms with Crippen LogP contribution in [0.1, 0.15) is 31.5 Å². The normalized spacial score (nSPS) is 27.4. The highest BCUT2D eigenvalue weighted by Gasteiger charge is 2.51. The minimum absolute atomic E-state index is 0.0219. The van der Waals surface area contributed by atoms with E-state index in [9.17, 15) is 9.90 Å². The summed E-state index contributed by atoms with van der Waals surface area (Å²) in [5, 5.41) is 14.2. The minimum Gasteiger partial charge on any atom is -0.497 e. The van der Waals surface area contributed by atoms with Crippen molar-refractivity contribution in [2.75, 3.05) is 12.4 Å². The first-order chi connectivity index (χ1) is 12.5. The fourth-order valence-corrected chi connectivity index (χ4v) is 4.42. The SMILES string of the molecule is COc1ccc(NC(=O)N2[C@@H]3CC[C@H]2CC(O)(c2nccn2C)C3)cc1. The number of aliphatic hydroxyl groups is 1. The molecular weight excluding hydrogens is 332 g/mol. The minimum atomic E-state index is -0.971. The molecule has 2 bridgehead atoms. The fourth-order valence-electron chi connectivity index (χ4n) is 4.42. The highest BCUT2D eigenvalue weighted by Crippen LogP contribution is 2.45. The summed E-state index contributed by atoms with van der Waals surface area (Å²) in [7, 11) is 3.51. The van der Waals surface area contributed by atoms with E-state index in [0.29, 0.717) is 18.7 Å². The average molecular weight is 356 g/mol. The second kappa shape index (κ2) is 6.32. The molecule has 3 atom stereocenters. The van der Waals surface area contributed by atoms with Gasteiger partial charge in [-0.05, 0) is 37.1 Å². The zero-order valence-corrected chi connectivity index (χ0v) is 15.1. The molecule has 4 rings (SSSR count). The average Bonchev–Trinajstić information content (AvgIpc) is 3.18. The van der Waals surface area contributed by atoms with Crippen LogP contribution in [0.2, 0.25) is 0 Å². The van der Waals surface area contributed by atoms with E-state index in [4.69, 9.17) is 4.74 Å². The Hall–Kier alpha value is -2.54. The smallest absolute Gasteiger partial charge is 0.322 e. The third-order valence-corrected chi connectivity index (χ3v) is 5.58. The maximum Gasteiger partial charge on any atom is 0.322 e. The van der Waals surface area contributed by atoms with Crippen LogP contribution in [-0.4, -0.2) is 44.8 Å². The van der Waals surface area contributed by atoms with Crippen molar-refractivity contribution in [2.45, 2.75) is 43.4 Å². The molecule has 0 radical (unpaired) electrons. The molecule has 3 heterocycles. The molecule has 1 aromatic heterocycles. The standard InChI is InChI=1S/C19H24N4O3/c1-22-10-9-20-17(22)19(25)11-14-5-6-15(12-19)23(14)18(24)21-13-3-7-16(26-2)8-4-13/h3-4,7-10,14-15,25H,5-6,11-12H2,1-2H3,(H,21,24)/t14-,15+,19?. The number of hydrogen-bond acceptors (Lipinski definition) is 4. The molecular formula is C19H24N4O3. The van der Waals surface area contributed by atoms with Crippen LogP contribution in [0, 0.1) is 0 Å². The second-order valence-electron chi connectivity index (χ2n) is 7.25. The summed E-state index contributed by atoms with van der Waals surface area (Å²) in [4.78, 5) is 19.1. The Kier molecular flexibility index (Phi) is 4.11. The summed E-state index contributed by atoms with van der Waals surface area (Å²) in [6.45, 7) is 0. The van der Waals surface area contributed by atoms with Gasteiger partial charge in [-0.2, -0.15) is 0 Å². The van der Waals surface area contributed by atoms with Crippen LogP contribution >= 0.6 is 0 Å². The van der Waals surface area contributed by atoms with Gasteiger partial charge in [-0.25, -0.2) is 9.78 Å². The molecule has 2 aliphatic heterocycles. The topological polar surface area (TPSA) is 79.6 Å². The van der Waals surface area contributed by atoms with Crippen LogP contribution in [0.4, 0.5) is 10.5 Å². The van der Waals surface area contributed by atoms with Gasteiger partial charge in [-0.15, -0.1) is 0 Å². The molecule has 26 heavy (non-hydrogen) atoms. The molecule has 2 amide bonds. The molecule has 0 saturated carbocycles. The van der Waals surface area contributed by atoms with Gasteiger partial charge in [0.05, 0.1) is 7.11 Å². The van der Waals surface area contributed by atoms with Gasteiger partial charge >= 0.3 is 6.03 Å². The van der Waals surface area contributed by atoms with Gasteiger partial charge in [0.1, 0.15) is 17.2 Å². The first kappa shape index (κ1) is 16.9. The van der Waals surface area contributed by atoms with Crippen LogP contribution < -0.4 is 10.1 Å². The van der Waals surface area contributed by atoms with Gasteiger partial charge in [0.25, 0.3) is 0 Å². The van der Waals surface area contributed by atoms with Crippen LogP contribution in [-0.2, 0) is 12.6 Å². The molecule has 2 aromatic rings. The number of anilines is 1. The molecule has 7 nitrogen and oxygen atoms in total. The number of nitrogens with one attached hydrogen (secondary N) is 1. The highest BCUT2D eigenvalue weighted by atomic mass is 16.5.